The molecular formula is C13H22N2O2S2. The Bertz CT molecular complexity index is 489. The zero-order valence-electron chi connectivity index (χ0n) is 11.6. The van der Waals surface area contributed by atoms with Gasteiger partial charge in [-0.3, -0.25) is 0 Å². The first-order valence-corrected chi connectivity index (χ1v) is 9.02. The van der Waals surface area contributed by atoms with Crippen molar-refractivity contribution < 1.29 is 8.42 Å². The van der Waals surface area contributed by atoms with Gasteiger partial charge in [0, 0.05) is 18.3 Å². The molecule has 0 radical (unpaired) electrons. The van der Waals surface area contributed by atoms with Crippen molar-refractivity contribution in [3.05, 3.63) is 29.8 Å². The van der Waals surface area contributed by atoms with Crippen LogP contribution in [0.15, 0.2) is 29.2 Å². The lowest BCUT2D eigenvalue weighted by Crippen LogP contribution is -2.26. The highest BCUT2D eigenvalue weighted by Gasteiger charge is 2.14. The molecule has 0 spiro atoms. The normalized spacial score (nSPS) is 13.4. The van der Waals surface area contributed by atoms with Crippen LogP contribution in [0, 0.1) is 0 Å². The second-order valence-corrected chi connectivity index (χ2v) is 7.45. The Hall–Kier alpha value is -0.560. The van der Waals surface area contributed by atoms with Crippen LogP contribution >= 0.6 is 11.8 Å². The molecule has 0 fully saturated rings. The molecule has 2 N–H and O–H groups in total. The molecule has 0 bridgehead atoms. The fraction of sp³-hybridized carbons (Fsp3) is 0.538. The van der Waals surface area contributed by atoms with Crippen molar-refractivity contribution in [1.29, 1.82) is 0 Å². The van der Waals surface area contributed by atoms with E-state index < -0.39 is 10.0 Å². The van der Waals surface area contributed by atoms with E-state index in [1.165, 1.54) is 0 Å². The van der Waals surface area contributed by atoms with Crippen LogP contribution in [0.1, 0.15) is 18.9 Å². The first-order valence-electron chi connectivity index (χ1n) is 6.25. The first-order chi connectivity index (χ1) is 8.99. The Labute approximate surface area is 120 Å². The summed E-state index contributed by atoms with van der Waals surface area (Å²) >= 11 is 1.74. The van der Waals surface area contributed by atoms with Gasteiger partial charge in [0.25, 0.3) is 0 Å². The molecule has 6 heteroatoms. The number of hydrogen-bond acceptors (Lipinski definition) is 4. The third kappa shape index (κ3) is 5.52. The molecule has 1 aromatic rings. The van der Waals surface area contributed by atoms with Gasteiger partial charge < -0.3 is 5.32 Å². The number of benzene rings is 1. The number of rotatable bonds is 8. The van der Waals surface area contributed by atoms with Gasteiger partial charge in [-0.25, -0.2) is 13.1 Å². The van der Waals surface area contributed by atoms with E-state index in [4.69, 9.17) is 0 Å². The van der Waals surface area contributed by atoms with Gasteiger partial charge in [0.2, 0.25) is 10.0 Å². The molecule has 1 atom stereocenters. The highest BCUT2D eigenvalue weighted by molar-refractivity contribution is 7.99. The zero-order chi connectivity index (χ0) is 14.3. The second kappa shape index (κ2) is 7.89. The molecule has 0 aliphatic rings. The maximum absolute atomic E-state index is 12.1. The predicted octanol–water partition coefficient (Wildman–Crippen LogP) is 1.83. The van der Waals surface area contributed by atoms with Crippen molar-refractivity contribution in [1.82, 2.24) is 10.0 Å². The zero-order valence-corrected chi connectivity index (χ0v) is 13.3. The molecule has 1 aromatic carbocycles. The SMILES string of the molecule is CNCc1cccc(S(=O)(=O)NCCC(C)SC)c1. The summed E-state index contributed by atoms with van der Waals surface area (Å²) in [6.45, 7) is 3.22. The van der Waals surface area contributed by atoms with Gasteiger partial charge >= 0.3 is 0 Å². The molecule has 108 valence electrons. The largest absolute Gasteiger partial charge is 0.316 e. The van der Waals surface area contributed by atoms with Crippen LogP contribution < -0.4 is 10.0 Å². The molecule has 4 nitrogen and oxygen atoms in total. The Kier molecular flexibility index (Phi) is 6.85. The van der Waals surface area contributed by atoms with Gasteiger partial charge in [0.15, 0.2) is 0 Å². The van der Waals surface area contributed by atoms with Crippen LogP contribution in [0.2, 0.25) is 0 Å². The Balaban J connectivity index is 2.68. The van der Waals surface area contributed by atoms with Crippen molar-refractivity contribution in [2.45, 2.75) is 30.0 Å². The van der Waals surface area contributed by atoms with Crippen molar-refractivity contribution in [2.75, 3.05) is 19.8 Å². The first kappa shape index (κ1) is 16.5. The smallest absolute Gasteiger partial charge is 0.240 e. The summed E-state index contributed by atoms with van der Waals surface area (Å²) in [5.41, 5.74) is 0.961. The van der Waals surface area contributed by atoms with E-state index in [9.17, 15) is 8.42 Å². The highest BCUT2D eigenvalue weighted by atomic mass is 32.2. The molecule has 0 saturated heterocycles. The molecule has 1 rings (SSSR count). The van der Waals surface area contributed by atoms with Crippen LogP contribution in [-0.4, -0.2) is 33.5 Å². The van der Waals surface area contributed by atoms with Gasteiger partial charge in [-0.2, -0.15) is 11.8 Å². The monoisotopic (exact) mass is 302 g/mol. The van der Waals surface area contributed by atoms with Crippen LogP contribution in [-0.2, 0) is 16.6 Å². The molecule has 0 heterocycles. The van der Waals surface area contributed by atoms with E-state index >= 15 is 0 Å². The lowest BCUT2D eigenvalue weighted by Gasteiger charge is -2.10. The maximum Gasteiger partial charge on any atom is 0.240 e. The summed E-state index contributed by atoms with van der Waals surface area (Å²) in [5.74, 6) is 0. The van der Waals surface area contributed by atoms with Crippen molar-refractivity contribution >= 4 is 21.8 Å². The Morgan fingerprint density at radius 2 is 2.11 bits per heavy atom. The van der Waals surface area contributed by atoms with Crippen LogP contribution in [0.5, 0.6) is 0 Å². The topological polar surface area (TPSA) is 58.2 Å². The van der Waals surface area contributed by atoms with E-state index in [2.05, 4.69) is 17.0 Å². The van der Waals surface area contributed by atoms with Crippen molar-refractivity contribution in [2.24, 2.45) is 0 Å². The summed E-state index contributed by atoms with van der Waals surface area (Å²) < 4.78 is 26.9. The Morgan fingerprint density at radius 3 is 2.74 bits per heavy atom. The fourth-order valence-corrected chi connectivity index (χ4v) is 3.10. The molecule has 0 aliphatic carbocycles. The summed E-state index contributed by atoms with van der Waals surface area (Å²) in [6.07, 6.45) is 2.86. The summed E-state index contributed by atoms with van der Waals surface area (Å²) in [5, 5.41) is 3.47. The van der Waals surface area contributed by atoms with Crippen LogP contribution in [0.3, 0.4) is 0 Å². The standard InChI is InChI=1S/C13H22N2O2S2/c1-11(18-3)7-8-15-19(16,17)13-6-4-5-12(9-13)10-14-2/h4-6,9,11,14-15H,7-8,10H2,1-3H3. The predicted molar refractivity (Wildman–Crippen MR) is 82.0 cm³/mol. The lowest BCUT2D eigenvalue weighted by molar-refractivity contribution is 0.578. The average molecular weight is 302 g/mol. The van der Waals surface area contributed by atoms with Crippen molar-refractivity contribution in [3.8, 4) is 0 Å². The molecule has 0 aromatic heterocycles. The number of sulfonamides is 1. The third-order valence-corrected chi connectivity index (χ3v) is 5.33. The molecule has 1 unspecified atom stereocenters. The van der Waals surface area contributed by atoms with Crippen molar-refractivity contribution in [3.63, 3.8) is 0 Å². The molecule has 0 saturated carbocycles. The minimum absolute atomic E-state index is 0.331. The van der Waals surface area contributed by atoms with Gasteiger partial charge in [0.1, 0.15) is 0 Å². The van der Waals surface area contributed by atoms with E-state index in [1.54, 1.807) is 30.0 Å². The number of thioether (sulfide) groups is 1. The Morgan fingerprint density at radius 1 is 1.37 bits per heavy atom. The van der Waals surface area contributed by atoms with E-state index in [0.29, 0.717) is 23.2 Å². The van der Waals surface area contributed by atoms with Crippen LogP contribution in [0.4, 0.5) is 0 Å². The fourth-order valence-electron chi connectivity index (χ4n) is 1.62. The van der Waals surface area contributed by atoms with Gasteiger partial charge in [-0.15, -0.1) is 0 Å². The quantitative estimate of drug-likeness (QED) is 0.769. The van der Waals surface area contributed by atoms with Gasteiger partial charge in [0.05, 0.1) is 4.90 Å². The molecule has 0 aliphatic heterocycles. The summed E-state index contributed by atoms with van der Waals surface area (Å²) in [7, 11) is -1.56. The summed E-state index contributed by atoms with van der Waals surface area (Å²) in [6, 6.07) is 7.01. The number of hydrogen-bond donors (Lipinski definition) is 2. The number of nitrogens with one attached hydrogen (secondary N) is 2. The minimum Gasteiger partial charge on any atom is -0.316 e. The van der Waals surface area contributed by atoms with E-state index in [-0.39, 0.29) is 0 Å². The average Bonchev–Trinajstić information content (AvgIpc) is 2.39. The second-order valence-electron chi connectivity index (χ2n) is 4.41. The summed E-state index contributed by atoms with van der Waals surface area (Å²) in [4.78, 5) is 0.331. The maximum atomic E-state index is 12.1. The molecule has 0 amide bonds. The third-order valence-electron chi connectivity index (χ3n) is 2.83. The van der Waals surface area contributed by atoms with E-state index in [0.717, 1.165) is 12.0 Å². The highest BCUT2D eigenvalue weighted by Crippen LogP contribution is 2.13. The van der Waals surface area contributed by atoms with Crippen LogP contribution in [0.25, 0.3) is 0 Å². The molecule has 19 heavy (non-hydrogen) atoms. The van der Waals surface area contributed by atoms with Gasteiger partial charge in [-0.05, 0) is 37.4 Å². The van der Waals surface area contributed by atoms with Gasteiger partial charge in [-0.1, -0.05) is 19.1 Å². The lowest BCUT2D eigenvalue weighted by atomic mass is 10.2. The minimum atomic E-state index is -3.39. The van der Waals surface area contributed by atoms with E-state index in [1.807, 2.05) is 19.4 Å². The molecular weight excluding hydrogens is 280 g/mol.